The Morgan fingerprint density at radius 1 is 1.00 bits per heavy atom. The van der Waals surface area contributed by atoms with E-state index in [1.54, 1.807) is 36.4 Å². The number of ether oxygens (including phenoxy) is 2. The Labute approximate surface area is 149 Å². The zero-order valence-corrected chi connectivity index (χ0v) is 14.3. The van der Waals surface area contributed by atoms with Gasteiger partial charge in [0, 0.05) is 5.39 Å². The number of rotatable bonds is 5. The largest absolute Gasteiger partial charge is 0.490 e. The van der Waals surface area contributed by atoms with Crippen LogP contribution in [0.3, 0.4) is 0 Å². The van der Waals surface area contributed by atoms with Gasteiger partial charge in [-0.05, 0) is 38.1 Å². The van der Waals surface area contributed by atoms with Gasteiger partial charge in [-0.3, -0.25) is 4.79 Å². The highest BCUT2D eigenvalue weighted by Crippen LogP contribution is 2.25. The summed E-state index contributed by atoms with van der Waals surface area (Å²) in [6, 6.07) is 12.8. The van der Waals surface area contributed by atoms with Crippen LogP contribution < -0.4 is 15.1 Å². The maximum absolute atomic E-state index is 12.4. The number of ketones is 1. The number of hydrogen-bond acceptors (Lipinski definition) is 6. The molecule has 0 radical (unpaired) electrons. The van der Waals surface area contributed by atoms with Gasteiger partial charge in [0.15, 0.2) is 17.1 Å². The first-order chi connectivity index (χ1) is 12.5. The number of para-hydroxylation sites is 2. The minimum Gasteiger partial charge on any atom is -0.490 e. The maximum Gasteiger partial charge on any atom is 0.351 e. The second-order valence-electron chi connectivity index (χ2n) is 5.50. The van der Waals surface area contributed by atoms with Crippen molar-refractivity contribution in [3.8, 4) is 11.5 Å². The van der Waals surface area contributed by atoms with E-state index in [-0.39, 0.29) is 28.2 Å². The lowest BCUT2D eigenvalue weighted by Crippen LogP contribution is -2.19. The number of carbonyl (C=O) groups excluding carboxylic acids is 2. The highest BCUT2D eigenvalue weighted by molar-refractivity contribution is 5.99. The number of benzene rings is 2. The lowest BCUT2D eigenvalue weighted by atomic mass is 10.1. The molecule has 132 valence electrons. The fraction of sp³-hybridized carbons (Fsp3) is 0.150. The van der Waals surface area contributed by atoms with Crippen molar-refractivity contribution >= 4 is 22.7 Å². The summed E-state index contributed by atoms with van der Waals surface area (Å²) in [6.07, 6.45) is 0. The van der Waals surface area contributed by atoms with Crippen molar-refractivity contribution in [2.45, 2.75) is 13.8 Å². The fourth-order valence-corrected chi connectivity index (χ4v) is 2.53. The number of esters is 1. The Morgan fingerprint density at radius 2 is 1.73 bits per heavy atom. The van der Waals surface area contributed by atoms with Gasteiger partial charge in [0.1, 0.15) is 11.3 Å². The van der Waals surface area contributed by atoms with E-state index in [2.05, 4.69) is 0 Å². The molecule has 3 aromatic rings. The van der Waals surface area contributed by atoms with E-state index in [9.17, 15) is 14.4 Å². The van der Waals surface area contributed by atoms with E-state index in [1.807, 2.05) is 6.92 Å². The van der Waals surface area contributed by atoms with Crippen LogP contribution in [0.1, 0.15) is 34.6 Å². The van der Waals surface area contributed by atoms with Crippen LogP contribution in [0.4, 0.5) is 0 Å². The van der Waals surface area contributed by atoms with Crippen molar-refractivity contribution in [3.05, 3.63) is 70.1 Å². The van der Waals surface area contributed by atoms with Crippen LogP contribution in [-0.2, 0) is 0 Å². The third-order valence-corrected chi connectivity index (χ3v) is 3.71. The Morgan fingerprint density at radius 3 is 2.46 bits per heavy atom. The summed E-state index contributed by atoms with van der Waals surface area (Å²) in [4.78, 5) is 36.3. The number of fused-ring (bicyclic) bond motifs is 1. The molecule has 1 aromatic heterocycles. The number of carbonyl (C=O) groups is 2. The predicted molar refractivity (Wildman–Crippen MR) is 95.1 cm³/mol. The molecule has 0 amide bonds. The molecule has 0 aliphatic rings. The Hall–Kier alpha value is -3.41. The van der Waals surface area contributed by atoms with Gasteiger partial charge >= 0.3 is 11.6 Å². The van der Waals surface area contributed by atoms with E-state index in [0.29, 0.717) is 17.7 Å². The molecule has 0 N–H and O–H groups in total. The second kappa shape index (κ2) is 7.23. The Bertz CT molecular complexity index is 1050. The molecule has 0 saturated carbocycles. The van der Waals surface area contributed by atoms with E-state index in [4.69, 9.17) is 13.9 Å². The molecule has 6 heteroatoms. The number of Topliss-reactive ketones (excluding diaryl/α,β-unsaturated/α-hetero) is 1. The molecular formula is C20H16O6. The van der Waals surface area contributed by atoms with Gasteiger partial charge in [0.05, 0.1) is 12.2 Å². The van der Waals surface area contributed by atoms with Gasteiger partial charge in [-0.2, -0.15) is 0 Å². The van der Waals surface area contributed by atoms with Gasteiger partial charge < -0.3 is 13.9 Å². The molecule has 0 bridgehead atoms. The second-order valence-corrected chi connectivity index (χ2v) is 5.50. The van der Waals surface area contributed by atoms with Gasteiger partial charge in [-0.1, -0.05) is 24.3 Å². The minimum atomic E-state index is -0.892. The molecule has 0 unspecified atom stereocenters. The zero-order valence-electron chi connectivity index (χ0n) is 14.3. The molecule has 2 aromatic carbocycles. The van der Waals surface area contributed by atoms with Gasteiger partial charge in [-0.15, -0.1) is 0 Å². The third kappa shape index (κ3) is 3.35. The first kappa shape index (κ1) is 17.4. The molecule has 6 nitrogen and oxygen atoms in total. The van der Waals surface area contributed by atoms with Crippen LogP contribution >= 0.6 is 0 Å². The summed E-state index contributed by atoms with van der Waals surface area (Å²) < 4.78 is 15.9. The van der Waals surface area contributed by atoms with Crippen LogP contribution in [0.15, 0.2) is 57.7 Å². The van der Waals surface area contributed by atoms with E-state index < -0.39 is 11.6 Å². The molecule has 0 spiro atoms. The fourth-order valence-electron chi connectivity index (χ4n) is 2.53. The molecule has 3 rings (SSSR count). The average molecular weight is 352 g/mol. The topological polar surface area (TPSA) is 82.8 Å². The molecule has 0 aliphatic carbocycles. The highest BCUT2D eigenvalue weighted by Gasteiger charge is 2.19. The van der Waals surface area contributed by atoms with Gasteiger partial charge in [0.25, 0.3) is 0 Å². The Balaban J connectivity index is 2.01. The van der Waals surface area contributed by atoms with Crippen LogP contribution in [0.5, 0.6) is 11.5 Å². The standard InChI is InChI=1S/C20H16O6/c1-3-24-17-10-6-7-13-11-15(20(23)26-18(13)17)19(22)25-16-9-5-4-8-14(16)12(2)21/h4-11H,3H2,1-2H3. The summed E-state index contributed by atoms with van der Waals surface area (Å²) >= 11 is 0. The smallest absolute Gasteiger partial charge is 0.351 e. The lowest BCUT2D eigenvalue weighted by Gasteiger charge is -2.09. The SMILES string of the molecule is CCOc1cccc2cc(C(=O)Oc3ccccc3C(C)=O)c(=O)oc12. The van der Waals surface area contributed by atoms with E-state index >= 15 is 0 Å². The lowest BCUT2D eigenvalue weighted by molar-refractivity contribution is 0.0728. The van der Waals surface area contributed by atoms with Crippen LogP contribution in [0.2, 0.25) is 0 Å². The Kier molecular flexibility index (Phi) is 4.84. The van der Waals surface area contributed by atoms with Crippen molar-refractivity contribution in [2.24, 2.45) is 0 Å². The quantitative estimate of drug-likeness (QED) is 0.302. The molecular weight excluding hydrogens is 336 g/mol. The average Bonchev–Trinajstić information content (AvgIpc) is 2.62. The molecule has 1 heterocycles. The van der Waals surface area contributed by atoms with Crippen molar-refractivity contribution in [3.63, 3.8) is 0 Å². The zero-order chi connectivity index (χ0) is 18.7. The summed E-state index contributed by atoms with van der Waals surface area (Å²) in [5, 5.41) is 0.530. The van der Waals surface area contributed by atoms with Crippen LogP contribution in [-0.4, -0.2) is 18.4 Å². The van der Waals surface area contributed by atoms with E-state index in [0.717, 1.165) is 0 Å². The highest BCUT2D eigenvalue weighted by atomic mass is 16.5. The summed E-state index contributed by atoms with van der Waals surface area (Å²) in [5.41, 5.74) is -0.579. The minimum absolute atomic E-state index is 0.0903. The predicted octanol–water partition coefficient (Wildman–Crippen LogP) is 3.61. The number of hydrogen-bond donors (Lipinski definition) is 0. The summed E-state index contributed by atoms with van der Waals surface area (Å²) in [6.45, 7) is 3.59. The monoisotopic (exact) mass is 352 g/mol. The normalized spacial score (nSPS) is 10.5. The first-order valence-corrected chi connectivity index (χ1v) is 8.03. The van der Waals surface area contributed by atoms with E-state index in [1.165, 1.54) is 19.1 Å². The van der Waals surface area contributed by atoms with Gasteiger partial charge in [-0.25, -0.2) is 9.59 Å². The molecule has 0 aliphatic heterocycles. The first-order valence-electron chi connectivity index (χ1n) is 8.03. The third-order valence-electron chi connectivity index (χ3n) is 3.71. The summed E-state index contributed by atoms with van der Waals surface area (Å²) in [5.74, 6) is -0.632. The summed E-state index contributed by atoms with van der Waals surface area (Å²) in [7, 11) is 0. The molecule has 0 saturated heterocycles. The van der Waals surface area contributed by atoms with Crippen molar-refractivity contribution in [2.75, 3.05) is 6.61 Å². The van der Waals surface area contributed by atoms with Crippen LogP contribution in [0.25, 0.3) is 11.0 Å². The molecule has 0 atom stereocenters. The van der Waals surface area contributed by atoms with Crippen molar-refractivity contribution < 1.29 is 23.5 Å². The van der Waals surface area contributed by atoms with Gasteiger partial charge in [0.2, 0.25) is 0 Å². The van der Waals surface area contributed by atoms with Crippen molar-refractivity contribution in [1.29, 1.82) is 0 Å². The van der Waals surface area contributed by atoms with Crippen LogP contribution in [0, 0.1) is 0 Å². The molecule has 26 heavy (non-hydrogen) atoms. The maximum atomic E-state index is 12.4. The van der Waals surface area contributed by atoms with Crippen molar-refractivity contribution in [1.82, 2.24) is 0 Å². The molecule has 0 fully saturated rings.